The van der Waals surface area contributed by atoms with Crippen LogP contribution in [0, 0.1) is 12.8 Å². The van der Waals surface area contributed by atoms with Gasteiger partial charge in [0.2, 0.25) is 17.7 Å². The van der Waals surface area contributed by atoms with Gasteiger partial charge in [-0.05, 0) is 25.3 Å². The standard InChI is InChI=1S/C21H26N4O4/c1-15-11-18(23-29-15)22-19(26)14-24(2)21(28)17-9-6-10-25(13-17)20(27)12-16-7-4-3-5-8-16/h3-5,7-8,11,17H,6,9-10,12-14H2,1-2H3,(H,22,23,26)/t17-/m1/s1. The van der Waals surface area contributed by atoms with Crippen LogP contribution in [0.3, 0.4) is 0 Å². The fraction of sp³-hybridized carbons (Fsp3) is 0.429. The zero-order valence-electron chi connectivity index (χ0n) is 16.8. The van der Waals surface area contributed by atoms with Gasteiger partial charge in [-0.25, -0.2) is 0 Å². The van der Waals surface area contributed by atoms with Crippen LogP contribution < -0.4 is 5.32 Å². The summed E-state index contributed by atoms with van der Waals surface area (Å²) < 4.78 is 4.91. The van der Waals surface area contributed by atoms with Gasteiger partial charge in [-0.2, -0.15) is 0 Å². The molecular weight excluding hydrogens is 372 g/mol. The number of carbonyl (C=O) groups excluding carboxylic acids is 3. The largest absolute Gasteiger partial charge is 0.360 e. The fourth-order valence-corrected chi connectivity index (χ4v) is 3.50. The molecule has 8 heteroatoms. The van der Waals surface area contributed by atoms with E-state index in [0.29, 0.717) is 37.5 Å². The van der Waals surface area contributed by atoms with Crippen LogP contribution in [0.1, 0.15) is 24.2 Å². The molecule has 1 fully saturated rings. The minimum Gasteiger partial charge on any atom is -0.360 e. The SMILES string of the molecule is Cc1cc(NC(=O)CN(C)C(=O)[C@@H]2CCCN(C(=O)Cc3ccccc3)C2)no1. The van der Waals surface area contributed by atoms with Crippen LogP contribution in [-0.2, 0) is 20.8 Å². The van der Waals surface area contributed by atoms with E-state index in [1.165, 1.54) is 4.90 Å². The molecule has 3 amide bonds. The summed E-state index contributed by atoms with van der Waals surface area (Å²) in [5, 5.41) is 6.31. The van der Waals surface area contributed by atoms with Crippen molar-refractivity contribution in [3.05, 3.63) is 47.7 Å². The first-order valence-corrected chi connectivity index (χ1v) is 9.72. The monoisotopic (exact) mass is 398 g/mol. The number of rotatable bonds is 6. The number of nitrogens with one attached hydrogen (secondary N) is 1. The van der Waals surface area contributed by atoms with Gasteiger partial charge >= 0.3 is 0 Å². The maximum atomic E-state index is 12.8. The molecule has 2 aromatic rings. The molecule has 0 bridgehead atoms. The van der Waals surface area contributed by atoms with E-state index in [1.807, 2.05) is 30.3 Å². The van der Waals surface area contributed by atoms with Crippen molar-refractivity contribution in [1.29, 1.82) is 0 Å². The molecule has 3 rings (SSSR count). The Hall–Kier alpha value is -3.16. The molecule has 2 heterocycles. The van der Waals surface area contributed by atoms with E-state index in [0.717, 1.165) is 12.0 Å². The average Bonchev–Trinajstić information content (AvgIpc) is 3.12. The molecule has 0 spiro atoms. The summed E-state index contributed by atoms with van der Waals surface area (Å²) in [7, 11) is 1.60. The third kappa shape index (κ3) is 5.66. The highest BCUT2D eigenvalue weighted by molar-refractivity contribution is 5.94. The molecule has 1 aliphatic heterocycles. The van der Waals surface area contributed by atoms with Crippen molar-refractivity contribution >= 4 is 23.5 Å². The van der Waals surface area contributed by atoms with E-state index < -0.39 is 0 Å². The molecule has 1 saturated heterocycles. The fourth-order valence-electron chi connectivity index (χ4n) is 3.50. The van der Waals surface area contributed by atoms with Gasteiger partial charge in [-0.15, -0.1) is 0 Å². The number of aryl methyl sites for hydroxylation is 1. The number of amides is 3. The Morgan fingerprint density at radius 3 is 2.72 bits per heavy atom. The average molecular weight is 398 g/mol. The number of likely N-dealkylation sites (N-methyl/N-ethyl adjacent to an activating group) is 1. The van der Waals surface area contributed by atoms with Gasteiger partial charge in [-0.3, -0.25) is 14.4 Å². The zero-order chi connectivity index (χ0) is 20.8. The van der Waals surface area contributed by atoms with Crippen LogP contribution in [0.4, 0.5) is 5.82 Å². The van der Waals surface area contributed by atoms with E-state index in [9.17, 15) is 14.4 Å². The number of likely N-dealkylation sites (tertiary alicyclic amines) is 1. The highest BCUT2D eigenvalue weighted by Crippen LogP contribution is 2.19. The van der Waals surface area contributed by atoms with Crippen LogP contribution >= 0.6 is 0 Å². The molecule has 1 aromatic carbocycles. The molecule has 1 N–H and O–H groups in total. The van der Waals surface area contributed by atoms with Crippen molar-refractivity contribution in [2.45, 2.75) is 26.2 Å². The second-order valence-corrected chi connectivity index (χ2v) is 7.41. The van der Waals surface area contributed by atoms with Crippen molar-refractivity contribution < 1.29 is 18.9 Å². The summed E-state index contributed by atoms with van der Waals surface area (Å²) >= 11 is 0. The van der Waals surface area contributed by atoms with Crippen LogP contribution in [0.5, 0.6) is 0 Å². The van der Waals surface area contributed by atoms with Crippen LogP contribution in [0.15, 0.2) is 40.9 Å². The summed E-state index contributed by atoms with van der Waals surface area (Å²) in [6.07, 6.45) is 1.81. The van der Waals surface area contributed by atoms with E-state index in [2.05, 4.69) is 10.5 Å². The van der Waals surface area contributed by atoms with E-state index in [4.69, 9.17) is 4.52 Å². The number of hydrogen-bond acceptors (Lipinski definition) is 5. The minimum absolute atomic E-state index is 0.0236. The second kappa shape index (κ2) is 9.36. The molecule has 29 heavy (non-hydrogen) atoms. The Bertz CT molecular complexity index is 865. The van der Waals surface area contributed by atoms with Gasteiger partial charge < -0.3 is 19.6 Å². The lowest BCUT2D eigenvalue weighted by molar-refractivity contribution is -0.141. The highest BCUT2D eigenvalue weighted by atomic mass is 16.5. The maximum Gasteiger partial charge on any atom is 0.245 e. The summed E-state index contributed by atoms with van der Waals surface area (Å²) in [5.74, 6) is 0.164. The molecule has 0 radical (unpaired) electrons. The molecular formula is C21H26N4O4. The summed E-state index contributed by atoms with van der Waals surface area (Å²) in [4.78, 5) is 40.7. The van der Waals surface area contributed by atoms with Crippen molar-refractivity contribution in [2.75, 3.05) is 32.0 Å². The van der Waals surface area contributed by atoms with Crippen LogP contribution in [-0.4, -0.2) is 59.4 Å². The molecule has 1 aromatic heterocycles. The number of benzene rings is 1. The van der Waals surface area contributed by atoms with Gasteiger partial charge in [0.1, 0.15) is 5.76 Å². The molecule has 1 atom stereocenters. The normalized spacial score (nSPS) is 16.3. The van der Waals surface area contributed by atoms with Crippen LogP contribution in [0.2, 0.25) is 0 Å². The Labute approximate surface area is 169 Å². The lowest BCUT2D eigenvalue weighted by Crippen LogP contribution is -2.47. The number of nitrogens with zero attached hydrogens (tertiary/aromatic N) is 3. The van der Waals surface area contributed by atoms with Crippen LogP contribution in [0.25, 0.3) is 0 Å². The lowest BCUT2D eigenvalue weighted by Gasteiger charge is -2.34. The summed E-state index contributed by atoms with van der Waals surface area (Å²) in [6, 6.07) is 11.2. The maximum absolute atomic E-state index is 12.8. The summed E-state index contributed by atoms with van der Waals surface area (Å²) in [5.41, 5.74) is 0.961. The number of hydrogen-bond donors (Lipinski definition) is 1. The first kappa shape index (κ1) is 20.6. The lowest BCUT2D eigenvalue weighted by atomic mass is 9.96. The predicted molar refractivity (Wildman–Crippen MR) is 107 cm³/mol. The van der Waals surface area contributed by atoms with Gasteiger partial charge in [0.25, 0.3) is 0 Å². The Morgan fingerprint density at radius 1 is 1.28 bits per heavy atom. The van der Waals surface area contributed by atoms with E-state index >= 15 is 0 Å². The third-order valence-corrected chi connectivity index (χ3v) is 4.97. The van der Waals surface area contributed by atoms with Gasteiger partial charge in [0.05, 0.1) is 18.9 Å². The molecule has 0 aliphatic carbocycles. The summed E-state index contributed by atoms with van der Waals surface area (Å²) in [6.45, 7) is 2.69. The molecule has 0 saturated carbocycles. The topological polar surface area (TPSA) is 95.8 Å². The number of aromatic nitrogens is 1. The third-order valence-electron chi connectivity index (χ3n) is 4.97. The van der Waals surface area contributed by atoms with Crippen molar-refractivity contribution in [2.24, 2.45) is 5.92 Å². The highest BCUT2D eigenvalue weighted by Gasteiger charge is 2.30. The van der Waals surface area contributed by atoms with Crippen molar-refractivity contribution in [1.82, 2.24) is 15.0 Å². The first-order valence-electron chi connectivity index (χ1n) is 9.72. The number of carbonyl (C=O) groups is 3. The Balaban J connectivity index is 1.51. The molecule has 8 nitrogen and oxygen atoms in total. The van der Waals surface area contributed by atoms with Crippen molar-refractivity contribution in [3.8, 4) is 0 Å². The van der Waals surface area contributed by atoms with E-state index in [1.54, 1.807) is 24.9 Å². The predicted octanol–water partition coefficient (Wildman–Crippen LogP) is 1.86. The van der Waals surface area contributed by atoms with Gasteiger partial charge in [-0.1, -0.05) is 35.5 Å². The first-order chi connectivity index (χ1) is 13.9. The van der Waals surface area contributed by atoms with Gasteiger partial charge in [0, 0.05) is 26.2 Å². The molecule has 154 valence electrons. The Morgan fingerprint density at radius 2 is 2.03 bits per heavy atom. The Kier molecular flexibility index (Phi) is 6.64. The van der Waals surface area contributed by atoms with Gasteiger partial charge in [0.15, 0.2) is 5.82 Å². The number of anilines is 1. The smallest absolute Gasteiger partial charge is 0.245 e. The minimum atomic E-state index is -0.345. The molecule has 1 aliphatic rings. The molecule has 0 unspecified atom stereocenters. The number of piperidine rings is 1. The second-order valence-electron chi connectivity index (χ2n) is 7.41. The quantitative estimate of drug-likeness (QED) is 0.801. The van der Waals surface area contributed by atoms with E-state index in [-0.39, 0.29) is 30.2 Å². The van der Waals surface area contributed by atoms with Crippen molar-refractivity contribution in [3.63, 3.8) is 0 Å². The zero-order valence-corrected chi connectivity index (χ0v) is 16.8.